The zero-order valence-electron chi connectivity index (χ0n) is 15.7. The van der Waals surface area contributed by atoms with E-state index in [1.54, 1.807) is 4.90 Å². The van der Waals surface area contributed by atoms with Crippen LogP contribution < -0.4 is 5.32 Å². The molecular formula is C18H27N5O3. The summed E-state index contributed by atoms with van der Waals surface area (Å²) < 4.78 is 1.84. The molecule has 0 spiro atoms. The predicted molar refractivity (Wildman–Crippen MR) is 95.3 cm³/mol. The summed E-state index contributed by atoms with van der Waals surface area (Å²) in [6.45, 7) is 5.75. The average Bonchev–Trinajstić information content (AvgIpc) is 3.40. The highest BCUT2D eigenvalue weighted by atomic mass is 16.2. The molecule has 0 atom stereocenters. The minimum absolute atomic E-state index is 0.0854. The van der Waals surface area contributed by atoms with Gasteiger partial charge in [0.2, 0.25) is 5.91 Å². The topological polar surface area (TPSA) is 87.5 Å². The molecule has 2 fully saturated rings. The van der Waals surface area contributed by atoms with Gasteiger partial charge in [0, 0.05) is 51.4 Å². The molecule has 0 unspecified atom stereocenters. The number of aryl methyl sites for hydroxylation is 2. The molecule has 1 aliphatic heterocycles. The smallest absolute Gasteiger partial charge is 0.312 e. The maximum absolute atomic E-state index is 12.5. The van der Waals surface area contributed by atoms with Gasteiger partial charge in [0.25, 0.3) is 0 Å². The number of carbonyl (C=O) groups excluding carboxylic acids is 3. The van der Waals surface area contributed by atoms with E-state index in [0.29, 0.717) is 39.0 Å². The quantitative estimate of drug-likeness (QED) is 0.760. The van der Waals surface area contributed by atoms with Gasteiger partial charge in [-0.3, -0.25) is 19.1 Å². The van der Waals surface area contributed by atoms with E-state index in [9.17, 15) is 14.4 Å². The highest BCUT2D eigenvalue weighted by molar-refractivity contribution is 6.35. The molecular weight excluding hydrogens is 334 g/mol. The number of nitrogens with one attached hydrogen (secondary N) is 1. The lowest BCUT2D eigenvalue weighted by Gasteiger charge is -2.34. The standard InChI is InChI=1S/C18H27N5O3/c1-12-15(13(2)21(3)20-12)6-7-16(24)22-8-10-23(11-9-22)18(26)17(25)19-14-4-5-14/h14H,4-11H2,1-3H3,(H,19,25). The van der Waals surface area contributed by atoms with Crippen LogP contribution in [0.15, 0.2) is 0 Å². The first-order chi connectivity index (χ1) is 12.4. The van der Waals surface area contributed by atoms with Crippen molar-refractivity contribution in [3.63, 3.8) is 0 Å². The molecule has 1 aromatic heterocycles. The van der Waals surface area contributed by atoms with Crippen LogP contribution in [-0.4, -0.2) is 69.5 Å². The summed E-state index contributed by atoms with van der Waals surface area (Å²) in [4.78, 5) is 39.8. The Kier molecular flexibility index (Phi) is 5.29. The van der Waals surface area contributed by atoms with Gasteiger partial charge in [0.1, 0.15) is 0 Å². The van der Waals surface area contributed by atoms with E-state index in [2.05, 4.69) is 10.4 Å². The third-order valence-corrected chi connectivity index (χ3v) is 5.27. The highest BCUT2D eigenvalue weighted by Crippen LogP contribution is 2.19. The van der Waals surface area contributed by atoms with E-state index >= 15 is 0 Å². The highest BCUT2D eigenvalue weighted by Gasteiger charge is 2.31. The van der Waals surface area contributed by atoms with Crippen molar-refractivity contribution in [2.24, 2.45) is 7.05 Å². The number of rotatable bonds is 4. The van der Waals surface area contributed by atoms with E-state index in [1.165, 1.54) is 4.90 Å². The van der Waals surface area contributed by atoms with Crippen molar-refractivity contribution in [2.45, 2.75) is 45.6 Å². The first kappa shape index (κ1) is 18.4. The van der Waals surface area contributed by atoms with Gasteiger partial charge in [0.05, 0.1) is 5.69 Å². The first-order valence-corrected chi connectivity index (χ1v) is 9.23. The average molecular weight is 361 g/mol. The molecule has 8 nitrogen and oxygen atoms in total. The van der Waals surface area contributed by atoms with Gasteiger partial charge in [-0.1, -0.05) is 0 Å². The number of piperazine rings is 1. The minimum Gasteiger partial charge on any atom is -0.345 e. The summed E-state index contributed by atoms with van der Waals surface area (Å²) in [6, 6.07) is 0.175. The fourth-order valence-electron chi connectivity index (χ4n) is 3.35. The Bertz CT molecular complexity index is 715. The van der Waals surface area contributed by atoms with Crippen LogP contribution in [0.1, 0.15) is 36.2 Å². The van der Waals surface area contributed by atoms with Crippen LogP contribution in [0.4, 0.5) is 0 Å². The molecule has 0 bridgehead atoms. The molecule has 0 aromatic carbocycles. The van der Waals surface area contributed by atoms with Crippen molar-refractivity contribution >= 4 is 17.7 Å². The zero-order valence-corrected chi connectivity index (χ0v) is 15.7. The van der Waals surface area contributed by atoms with Crippen LogP contribution in [-0.2, 0) is 27.9 Å². The zero-order chi connectivity index (χ0) is 18.8. The first-order valence-electron chi connectivity index (χ1n) is 9.23. The van der Waals surface area contributed by atoms with Crippen molar-refractivity contribution in [3.05, 3.63) is 17.0 Å². The van der Waals surface area contributed by atoms with Crippen LogP contribution in [0.3, 0.4) is 0 Å². The monoisotopic (exact) mass is 361 g/mol. The molecule has 1 aromatic rings. The van der Waals surface area contributed by atoms with Gasteiger partial charge in [0.15, 0.2) is 0 Å². The second-order valence-electron chi connectivity index (χ2n) is 7.19. The van der Waals surface area contributed by atoms with Crippen LogP contribution in [0.5, 0.6) is 0 Å². The molecule has 26 heavy (non-hydrogen) atoms. The van der Waals surface area contributed by atoms with Gasteiger partial charge >= 0.3 is 11.8 Å². The van der Waals surface area contributed by atoms with E-state index in [0.717, 1.165) is 29.8 Å². The summed E-state index contributed by atoms with van der Waals surface area (Å²) in [6.07, 6.45) is 3.02. The Balaban J connectivity index is 1.45. The Morgan fingerprint density at radius 3 is 2.23 bits per heavy atom. The van der Waals surface area contributed by atoms with Crippen LogP contribution in [0.2, 0.25) is 0 Å². The van der Waals surface area contributed by atoms with Crippen LogP contribution >= 0.6 is 0 Å². The fraction of sp³-hybridized carbons (Fsp3) is 0.667. The summed E-state index contributed by atoms with van der Waals surface area (Å²) in [5, 5.41) is 7.10. The summed E-state index contributed by atoms with van der Waals surface area (Å²) >= 11 is 0. The van der Waals surface area contributed by atoms with E-state index in [-0.39, 0.29) is 11.9 Å². The van der Waals surface area contributed by atoms with E-state index in [1.807, 2.05) is 25.6 Å². The normalized spacial score (nSPS) is 17.3. The molecule has 1 saturated heterocycles. The lowest BCUT2D eigenvalue weighted by molar-refractivity contribution is -0.148. The van der Waals surface area contributed by atoms with Crippen LogP contribution in [0, 0.1) is 13.8 Å². The van der Waals surface area contributed by atoms with Gasteiger partial charge < -0.3 is 15.1 Å². The largest absolute Gasteiger partial charge is 0.345 e. The van der Waals surface area contributed by atoms with Crippen molar-refractivity contribution in [1.82, 2.24) is 24.9 Å². The SMILES string of the molecule is Cc1nn(C)c(C)c1CCC(=O)N1CCN(C(=O)C(=O)NC2CC2)CC1. The molecule has 142 valence electrons. The van der Waals surface area contributed by atoms with Gasteiger partial charge in [-0.2, -0.15) is 5.10 Å². The molecule has 2 heterocycles. The second-order valence-corrected chi connectivity index (χ2v) is 7.19. The van der Waals surface area contributed by atoms with Crippen molar-refractivity contribution in [2.75, 3.05) is 26.2 Å². The predicted octanol–water partition coefficient (Wildman–Crippen LogP) is -0.0811. The number of carbonyl (C=O) groups is 3. The lowest BCUT2D eigenvalue weighted by atomic mass is 10.1. The molecule has 1 aliphatic carbocycles. The number of hydrogen-bond donors (Lipinski definition) is 1. The lowest BCUT2D eigenvalue weighted by Crippen LogP contribution is -2.54. The van der Waals surface area contributed by atoms with E-state index in [4.69, 9.17) is 0 Å². The number of nitrogens with zero attached hydrogens (tertiary/aromatic N) is 4. The van der Waals surface area contributed by atoms with Gasteiger partial charge in [-0.05, 0) is 38.7 Å². The van der Waals surface area contributed by atoms with Crippen LogP contribution in [0.25, 0.3) is 0 Å². The summed E-state index contributed by atoms with van der Waals surface area (Å²) in [5.41, 5.74) is 3.19. The Hall–Kier alpha value is -2.38. The Labute approximate surface area is 153 Å². The molecule has 2 aliphatic rings. The second kappa shape index (κ2) is 7.47. The maximum atomic E-state index is 12.5. The third-order valence-electron chi connectivity index (χ3n) is 5.27. The Morgan fingerprint density at radius 2 is 1.69 bits per heavy atom. The summed E-state index contributed by atoms with van der Waals surface area (Å²) in [7, 11) is 1.91. The molecule has 8 heteroatoms. The molecule has 3 rings (SSSR count). The van der Waals surface area contributed by atoms with Crippen molar-refractivity contribution in [3.8, 4) is 0 Å². The minimum atomic E-state index is -0.519. The number of hydrogen-bond acceptors (Lipinski definition) is 4. The molecule has 0 radical (unpaired) electrons. The third kappa shape index (κ3) is 4.05. The summed E-state index contributed by atoms with van der Waals surface area (Å²) in [5.74, 6) is -0.914. The molecule has 1 N–H and O–H groups in total. The van der Waals surface area contributed by atoms with Gasteiger partial charge in [-0.15, -0.1) is 0 Å². The van der Waals surface area contributed by atoms with Gasteiger partial charge in [-0.25, -0.2) is 0 Å². The maximum Gasteiger partial charge on any atom is 0.312 e. The van der Waals surface area contributed by atoms with E-state index < -0.39 is 11.8 Å². The number of aromatic nitrogens is 2. The van der Waals surface area contributed by atoms with Crippen molar-refractivity contribution in [1.29, 1.82) is 0 Å². The fourth-order valence-corrected chi connectivity index (χ4v) is 3.35. The molecule has 3 amide bonds. The molecule has 1 saturated carbocycles. The number of amides is 3. The Morgan fingerprint density at radius 1 is 1.08 bits per heavy atom. The van der Waals surface area contributed by atoms with Crippen molar-refractivity contribution < 1.29 is 14.4 Å².